The highest BCUT2D eigenvalue weighted by atomic mass is 79.9. The highest BCUT2D eigenvalue weighted by Crippen LogP contribution is 2.26. The number of nitrogens with zero attached hydrogens (tertiary/aromatic N) is 1. The van der Waals surface area contributed by atoms with E-state index in [-0.39, 0.29) is 5.91 Å². The van der Waals surface area contributed by atoms with Crippen molar-refractivity contribution < 1.29 is 9.21 Å². The second-order valence-electron chi connectivity index (χ2n) is 7.32. The van der Waals surface area contributed by atoms with Crippen molar-refractivity contribution in [3.05, 3.63) is 64.3 Å². The summed E-state index contributed by atoms with van der Waals surface area (Å²) in [7, 11) is 0. The van der Waals surface area contributed by atoms with Gasteiger partial charge in [0.05, 0.1) is 12.7 Å². The van der Waals surface area contributed by atoms with Crippen LogP contribution in [0.5, 0.6) is 0 Å². The van der Waals surface area contributed by atoms with Gasteiger partial charge in [-0.15, -0.1) is 0 Å². The molecule has 0 spiro atoms. The van der Waals surface area contributed by atoms with Crippen LogP contribution in [0, 0.1) is 12.8 Å². The van der Waals surface area contributed by atoms with E-state index >= 15 is 0 Å². The summed E-state index contributed by atoms with van der Waals surface area (Å²) < 4.78 is 6.69. The Labute approximate surface area is 167 Å². The summed E-state index contributed by atoms with van der Waals surface area (Å²) in [6.45, 7) is 4.76. The van der Waals surface area contributed by atoms with Crippen LogP contribution in [0.3, 0.4) is 0 Å². The minimum Gasteiger partial charge on any atom is -0.464 e. The van der Waals surface area contributed by atoms with Crippen LogP contribution in [0.4, 0.5) is 5.69 Å². The molecule has 3 aromatic rings. The number of furan rings is 1. The van der Waals surface area contributed by atoms with Crippen LogP contribution < -0.4 is 10.2 Å². The van der Waals surface area contributed by atoms with E-state index in [9.17, 15) is 4.79 Å². The zero-order valence-corrected chi connectivity index (χ0v) is 17.0. The van der Waals surface area contributed by atoms with Gasteiger partial charge >= 0.3 is 0 Å². The molecule has 1 N–H and O–H groups in total. The number of aryl methyl sites for hydroxylation is 1. The molecular weight excluding hydrogens is 404 g/mol. The van der Waals surface area contributed by atoms with Gasteiger partial charge in [-0.05, 0) is 49.1 Å². The lowest BCUT2D eigenvalue weighted by Gasteiger charge is -2.19. The lowest BCUT2D eigenvalue weighted by molar-refractivity contribution is -0.120. The topological polar surface area (TPSA) is 45.5 Å². The first-order valence-electron chi connectivity index (χ1n) is 9.32. The van der Waals surface area contributed by atoms with Gasteiger partial charge in [0.15, 0.2) is 0 Å². The first kappa shape index (κ1) is 18.1. The van der Waals surface area contributed by atoms with Crippen molar-refractivity contribution in [3.63, 3.8) is 0 Å². The molecule has 5 heteroatoms. The Bertz CT molecular complexity index is 966. The zero-order chi connectivity index (χ0) is 18.8. The van der Waals surface area contributed by atoms with Crippen LogP contribution in [0.1, 0.15) is 17.5 Å². The van der Waals surface area contributed by atoms with E-state index in [1.165, 1.54) is 5.69 Å². The Morgan fingerprint density at radius 1 is 1.30 bits per heavy atom. The average molecular weight is 427 g/mol. The summed E-state index contributed by atoms with van der Waals surface area (Å²) in [5.41, 5.74) is 4.19. The van der Waals surface area contributed by atoms with E-state index in [1.54, 1.807) is 6.26 Å². The molecule has 4 nitrogen and oxygen atoms in total. The number of rotatable bonds is 5. The fourth-order valence-corrected chi connectivity index (χ4v) is 4.11. The number of carbonyl (C=O) groups excluding carboxylic acids is 1. The van der Waals surface area contributed by atoms with E-state index < -0.39 is 0 Å². The molecule has 140 valence electrons. The Kier molecular flexibility index (Phi) is 5.21. The standard InChI is InChI=1S/C22H23BrN2O2/c1-15-5-6-20-17(14-27-21(20)9-15)10-22(26)24-12-16-7-8-25(13-16)19-4-2-3-18(23)11-19/h2-6,9,11,14,16H,7-8,10,12-13H2,1H3,(H,24,26). The monoisotopic (exact) mass is 426 g/mol. The number of benzene rings is 2. The predicted molar refractivity (Wildman–Crippen MR) is 112 cm³/mol. The quantitative estimate of drug-likeness (QED) is 0.643. The first-order valence-corrected chi connectivity index (χ1v) is 10.1. The third-order valence-corrected chi connectivity index (χ3v) is 5.70. The number of anilines is 1. The van der Waals surface area contributed by atoms with Gasteiger partial charge in [-0.3, -0.25) is 4.79 Å². The van der Waals surface area contributed by atoms with Crippen molar-refractivity contribution in [2.24, 2.45) is 5.92 Å². The fraction of sp³-hybridized carbons (Fsp3) is 0.318. The predicted octanol–water partition coefficient (Wildman–Crippen LogP) is 4.69. The number of amides is 1. The first-order chi connectivity index (χ1) is 13.1. The molecule has 1 aliphatic heterocycles. The van der Waals surface area contributed by atoms with Gasteiger partial charge in [0.1, 0.15) is 5.58 Å². The van der Waals surface area contributed by atoms with E-state index in [0.717, 1.165) is 52.6 Å². The van der Waals surface area contributed by atoms with Crippen molar-refractivity contribution in [2.45, 2.75) is 19.8 Å². The van der Waals surface area contributed by atoms with Crippen LogP contribution in [0.25, 0.3) is 11.0 Å². The van der Waals surface area contributed by atoms with Gasteiger partial charge in [-0.25, -0.2) is 0 Å². The maximum Gasteiger partial charge on any atom is 0.224 e. The molecule has 1 amide bonds. The van der Waals surface area contributed by atoms with E-state index in [1.807, 2.05) is 31.2 Å². The Morgan fingerprint density at radius 3 is 3.04 bits per heavy atom. The molecule has 1 unspecified atom stereocenters. The minimum atomic E-state index is 0.0548. The van der Waals surface area contributed by atoms with Gasteiger partial charge in [-0.1, -0.05) is 34.1 Å². The maximum absolute atomic E-state index is 12.4. The summed E-state index contributed by atoms with van der Waals surface area (Å²) >= 11 is 3.53. The number of halogens is 1. The van der Waals surface area contributed by atoms with Crippen molar-refractivity contribution >= 4 is 38.5 Å². The lowest BCUT2D eigenvalue weighted by atomic mass is 10.1. The molecular formula is C22H23BrN2O2. The smallest absolute Gasteiger partial charge is 0.224 e. The van der Waals surface area contributed by atoms with Crippen LogP contribution in [-0.4, -0.2) is 25.5 Å². The Hall–Kier alpha value is -2.27. The summed E-state index contributed by atoms with van der Waals surface area (Å²) in [5.74, 6) is 0.538. The number of fused-ring (bicyclic) bond motifs is 1. The fourth-order valence-electron chi connectivity index (χ4n) is 3.73. The third-order valence-electron chi connectivity index (χ3n) is 5.21. The number of hydrogen-bond acceptors (Lipinski definition) is 3. The van der Waals surface area contributed by atoms with Crippen LogP contribution in [0.15, 0.2) is 57.6 Å². The van der Waals surface area contributed by atoms with Crippen molar-refractivity contribution in [1.82, 2.24) is 5.32 Å². The molecule has 0 aliphatic carbocycles. The van der Waals surface area contributed by atoms with Gasteiger partial charge in [0.25, 0.3) is 0 Å². The molecule has 2 heterocycles. The van der Waals surface area contributed by atoms with Gasteiger partial charge < -0.3 is 14.6 Å². The zero-order valence-electron chi connectivity index (χ0n) is 15.4. The number of nitrogens with one attached hydrogen (secondary N) is 1. The Balaban J connectivity index is 1.30. The minimum absolute atomic E-state index is 0.0548. The molecule has 0 saturated carbocycles. The van der Waals surface area contributed by atoms with E-state index in [2.05, 4.69) is 44.3 Å². The molecule has 2 aromatic carbocycles. The van der Waals surface area contributed by atoms with Crippen molar-refractivity contribution in [1.29, 1.82) is 0 Å². The molecule has 1 aliphatic rings. The van der Waals surface area contributed by atoms with Gasteiger partial charge in [-0.2, -0.15) is 0 Å². The molecule has 1 saturated heterocycles. The SMILES string of the molecule is Cc1ccc2c(CC(=O)NCC3CCN(c4cccc(Br)c4)C3)coc2c1. The summed E-state index contributed by atoms with van der Waals surface area (Å²) in [6, 6.07) is 14.5. The molecule has 0 bridgehead atoms. The summed E-state index contributed by atoms with van der Waals surface area (Å²) in [4.78, 5) is 14.8. The maximum atomic E-state index is 12.4. The molecule has 1 atom stereocenters. The van der Waals surface area contributed by atoms with Gasteiger partial charge in [0.2, 0.25) is 5.91 Å². The highest BCUT2D eigenvalue weighted by molar-refractivity contribution is 9.10. The highest BCUT2D eigenvalue weighted by Gasteiger charge is 2.23. The number of carbonyl (C=O) groups is 1. The van der Waals surface area contributed by atoms with E-state index in [0.29, 0.717) is 12.3 Å². The van der Waals surface area contributed by atoms with Crippen LogP contribution >= 0.6 is 15.9 Å². The Morgan fingerprint density at radius 2 is 2.19 bits per heavy atom. The average Bonchev–Trinajstić information content (AvgIpc) is 3.27. The summed E-state index contributed by atoms with van der Waals surface area (Å²) in [5, 5.41) is 4.13. The van der Waals surface area contributed by atoms with Crippen LogP contribution in [-0.2, 0) is 11.2 Å². The molecule has 4 rings (SSSR count). The van der Waals surface area contributed by atoms with Crippen molar-refractivity contribution in [2.75, 3.05) is 24.5 Å². The number of hydrogen-bond donors (Lipinski definition) is 1. The van der Waals surface area contributed by atoms with E-state index in [4.69, 9.17) is 4.42 Å². The largest absolute Gasteiger partial charge is 0.464 e. The summed E-state index contributed by atoms with van der Waals surface area (Å²) in [6.07, 6.45) is 3.16. The molecule has 0 radical (unpaired) electrons. The molecule has 1 aromatic heterocycles. The lowest BCUT2D eigenvalue weighted by Crippen LogP contribution is -2.32. The van der Waals surface area contributed by atoms with Crippen LogP contribution in [0.2, 0.25) is 0 Å². The van der Waals surface area contributed by atoms with Crippen molar-refractivity contribution in [3.8, 4) is 0 Å². The molecule has 1 fully saturated rings. The normalized spacial score (nSPS) is 16.8. The van der Waals surface area contributed by atoms with Gasteiger partial charge in [0, 0.05) is 40.7 Å². The third kappa shape index (κ3) is 4.19. The molecule has 27 heavy (non-hydrogen) atoms. The second kappa shape index (κ2) is 7.77. The second-order valence-corrected chi connectivity index (χ2v) is 8.24.